The summed E-state index contributed by atoms with van der Waals surface area (Å²) in [6, 6.07) is 11.2. The summed E-state index contributed by atoms with van der Waals surface area (Å²) in [6.07, 6.45) is 4.84. The fraction of sp³-hybridized carbons (Fsp3) is 0.261. The van der Waals surface area contributed by atoms with Crippen LogP contribution < -0.4 is 10.4 Å². The standard InChI is InChI=1S/C23H20N4O4S/c28-17-6-8-26-21(22(17)29)23(30)25-9-10-31-12-19(25)27(26)20-15-5-7-24-11-14(15)13-32-18-4-2-1-3-16(18)20/h1-8,11,19-20,29H,9-10,12-13H2/t19-,20+/m1/s1. The van der Waals surface area contributed by atoms with E-state index in [4.69, 9.17) is 4.74 Å². The maximum atomic E-state index is 13.3. The largest absolute Gasteiger partial charge is 0.502 e. The van der Waals surface area contributed by atoms with E-state index in [1.54, 1.807) is 33.7 Å². The molecule has 1 N–H and O–H groups in total. The van der Waals surface area contributed by atoms with E-state index in [0.29, 0.717) is 19.8 Å². The molecule has 0 unspecified atom stereocenters. The normalized spacial score (nSPS) is 21.8. The molecule has 2 atom stereocenters. The van der Waals surface area contributed by atoms with Crippen LogP contribution in [0.25, 0.3) is 0 Å². The van der Waals surface area contributed by atoms with Gasteiger partial charge in [-0.1, -0.05) is 18.2 Å². The van der Waals surface area contributed by atoms with Gasteiger partial charge in [0.1, 0.15) is 6.17 Å². The van der Waals surface area contributed by atoms with Crippen molar-refractivity contribution in [3.05, 3.63) is 87.6 Å². The molecule has 3 aliphatic rings. The van der Waals surface area contributed by atoms with Gasteiger partial charge >= 0.3 is 0 Å². The number of hydrogen-bond acceptors (Lipinski definition) is 7. The smallest absolute Gasteiger partial charge is 0.278 e. The van der Waals surface area contributed by atoms with Crippen LogP contribution in [0.1, 0.15) is 33.2 Å². The van der Waals surface area contributed by atoms with Gasteiger partial charge in [0.2, 0.25) is 5.43 Å². The third-order valence-electron chi connectivity index (χ3n) is 6.27. The number of morpholine rings is 1. The summed E-state index contributed by atoms with van der Waals surface area (Å²) in [7, 11) is 0. The molecule has 2 aromatic heterocycles. The highest BCUT2D eigenvalue weighted by Crippen LogP contribution is 2.43. The number of rotatable bonds is 1. The number of ether oxygens (including phenoxy) is 1. The minimum Gasteiger partial charge on any atom is -0.502 e. The number of carbonyl (C=O) groups is 1. The van der Waals surface area contributed by atoms with Crippen molar-refractivity contribution in [3.8, 4) is 5.75 Å². The Bertz CT molecular complexity index is 1250. The number of benzene rings is 1. The number of nitrogens with zero attached hydrogens (tertiary/aromatic N) is 4. The highest BCUT2D eigenvalue weighted by molar-refractivity contribution is 7.98. The molecule has 3 aromatic rings. The van der Waals surface area contributed by atoms with Crippen LogP contribution in [-0.2, 0) is 10.5 Å². The zero-order chi connectivity index (χ0) is 21.8. The van der Waals surface area contributed by atoms with Crippen LogP contribution >= 0.6 is 11.8 Å². The number of hydrogen-bond donors (Lipinski definition) is 1. The molecular weight excluding hydrogens is 428 g/mol. The van der Waals surface area contributed by atoms with Gasteiger partial charge in [-0.05, 0) is 28.8 Å². The topological polar surface area (TPSA) is 87.9 Å². The highest BCUT2D eigenvalue weighted by Gasteiger charge is 2.45. The Balaban J connectivity index is 1.66. The Morgan fingerprint density at radius 3 is 2.91 bits per heavy atom. The number of thioether (sulfide) groups is 1. The lowest BCUT2D eigenvalue weighted by atomic mass is 9.94. The molecule has 5 heterocycles. The highest BCUT2D eigenvalue weighted by atomic mass is 32.2. The Hall–Kier alpha value is -3.30. The lowest BCUT2D eigenvalue weighted by Crippen LogP contribution is -2.66. The predicted octanol–water partition coefficient (Wildman–Crippen LogP) is 2.09. The molecular formula is C23H20N4O4S. The molecule has 0 saturated carbocycles. The molecule has 6 rings (SSSR count). The Morgan fingerprint density at radius 1 is 1.12 bits per heavy atom. The van der Waals surface area contributed by atoms with E-state index in [-0.39, 0.29) is 17.6 Å². The summed E-state index contributed by atoms with van der Waals surface area (Å²) in [5.74, 6) is -0.119. The fourth-order valence-corrected chi connectivity index (χ4v) is 5.88. The average molecular weight is 449 g/mol. The van der Waals surface area contributed by atoms with Crippen molar-refractivity contribution in [2.75, 3.05) is 24.8 Å². The first-order valence-electron chi connectivity index (χ1n) is 10.4. The summed E-state index contributed by atoms with van der Waals surface area (Å²) in [6.45, 7) is 1.12. The molecule has 162 valence electrons. The van der Waals surface area contributed by atoms with E-state index in [1.165, 1.54) is 6.07 Å². The van der Waals surface area contributed by atoms with Crippen LogP contribution in [0.4, 0.5) is 0 Å². The van der Waals surface area contributed by atoms with Gasteiger partial charge in [0.25, 0.3) is 5.91 Å². The molecule has 0 radical (unpaired) electrons. The van der Waals surface area contributed by atoms with E-state index in [9.17, 15) is 14.7 Å². The maximum Gasteiger partial charge on any atom is 0.278 e. The zero-order valence-electron chi connectivity index (χ0n) is 17.0. The van der Waals surface area contributed by atoms with Crippen LogP contribution in [0.2, 0.25) is 0 Å². The Morgan fingerprint density at radius 2 is 2.00 bits per heavy atom. The van der Waals surface area contributed by atoms with Crippen LogP contribution in [-0.4, -0.2) is 51.5 Å². The second kappa shape index (κ2) is 7.39. The van der Waals surface area contributed by atoms with Crippen molar-refractivity contribution in [2.24, 2.45) is 0 Å². The number of amides is 1. The van der Waals surface area contributed by atoms with E-state index in [2.05, 4.69) is 22.1 Å². The SMILES string of the molecule is O=C1c2c(O)c(=O)ccn2N([C@H]2c3ccncc3CSc3ccccc32)[C@@H]2COCCN12. The minimum absolute atomic E-state index is 0.0133. The van der Waals surface area contributed by atoms with Gasteiger partial charge in [-0.3, -0.25) is 24.3 Å². The van der Waals surface area contributed by atoms with Crippen molar-refractivity contribution >= 4 is 17.7 Å². The molecule has 9 heteroatoms. The van der Waals surface area contributed by atoms with Crippen LogP contribution in [0.3, 0.4) is 0 Å². The number of aromatic hydroxyl groups is 1. The molecule has 0 spiro atoms. The van der Waals surface area contributed by atoms with Crippen LogP contribution in [0.15, 0.2) is 64.7 Å². The lowest BCUT2D eigenvalue weighted by molar-refractivity contribution is -0.0197. The zero-order valence-corrected chi connectivity index (χ0v) is 17.9. The first-order chi connectivity index (χ1) is 15.6. The summed E-state index contributed by atoms with van der Waals surface area (Å²) in [5, 5.41) is 12.7. The molecule has 0 bridgehead atoms. The van der Waals surface area contributed by atoms with Gasteiger partial charge in [0, 0.05) is 41.8 Å². The number of fused-ring (bicyclic) bond motifs is 4. The first-order valence-corrected chi connectivity index (χ1v) is 11.4. The van der Waals surface area contributed by atoms with E-state index in [0.717, 1.165) is 27.3 Å². The second-order valence-electron chi connectivity index (χ2n) is 7.96. The van der Waals surface area contributed by atoms with Crippen LogP contribution in [0.5, 0.6) is 5.75 Å². The van der Waals surface area contributed by atoms with Gasteiger partial charge in [0.15, 0.2) is 11.4 Å². The number of pyridine rings is 2. The van der Waals surface area contributed by atoms with Crippen molar-refractivity contribution in [3.63, 3.8) is 0 Å². The Kier molecular flexibility index (Phi) is 4.48. The van der Waals surface area contributed by atoms with Crippen LogP contribution in [0, 0.1) is 0 Å². The third-order valence-corrected chi connectivity index (χ3v) is 7.41. The summed E-state index contributed by atoms with van der Waals surface area (Å²) in [5.41, 5.74) is 2.68. The van der Waals surface area contributed by atoms with E-state index >= 15 is 0 Å². The molecule has 32 heavy (non-hydrogen) atoms. The van der Waals surface area contributed by atoms with E-state index < -0.39 is 17.3 Å². The monoisotopic (exact) mass is 448 g/mol. The summed E-state index contributed by atoms with van der Waals surface area (Å²) in [4.78, 5) is 32.7. The van der Waals surface area contributed by atoms with Gasteiger partial charge in [0.05, 0.1) is 19.3 Å². The average Bonchev–Trinajstić information content (AvgIpc) is 2.99. The number of carbonyl (C=O) groups excluding carboxylic acids is 1. The molecule has 8 nitrogen and oxygen atoms in total. The third kappa shape index (κ3) is 2.78. The predicted molar refractivity (Wildman–Crippen MR) is 118 cm³/mol. The number of aromatic nitrogens is 2. The summed E-state index contributed by atoms with van der Waals surface area (Å²) < 4.78 is 7.43. The van der Waals surface area contributed by atoms with Crippen molar-refractivity contribution in [1.82, 2.24) is 14.6 Å². The van der Waals surface area contributed by atoms with Crippen molar-refractivity contribution in [2.45, 2.75) is 22.9 Å². The van der Waals surface area contributed by atoms with Gasteiger partial charge in [-0.25, -0.2) is 0 Å². The molecule has 3 aliphatic heterocycles. The molecule has 1 amide bonds. The summed E-state index contributed by atoms with van der Waals surface area (Å²) >= 11 is 1.75. The van der Waals surface area contributed by atoms with E-state index in [1.807, 2.05) is 24.4 Å². The van der Waals surface area contributed by atoms with Gasteiger partial charge < -0.3 is 14.7 Å². The fourth-order valence-electron chi connectivity index (χ4n) is 4.80. The molecule has 1 aromatic carbocycles. The Labute approximate surface area is 188 Å². The van der Waals surface area contributed by atoms with Crippen molar-refractivity contribution < 1.29 is 14.6 Å². The van der Waals surface area contributed by atoms with Gasteiger partial charge in [-0.2, -0.15) is 0 Å². The van der Waals surface area contributed by atoms with Gasteiger partial charge in [-0.15, -0.1) is 11.8 Å². The second-order valence-corrected chi connectivity index (χ2v) is 8.98. The maximum absolute atomic E-state index is 13.3. The molecule has 0 aliphatic carbocycles. The lowest BCUT2D eigenvalue weighted by Gasteiger charge is -2.51. The molecule has 1 saturated heterocycles. The minimum atomic E-state index is -0.572. The molecule has 1 fully saturated rings. The quantitative estimate of drug-likeness (QED) is 0.610. The van der Waals surface area contributed by atoms with Crippen molar-refractivity contribution in [1.29, 1.82) is 0 Å². The first kappa shape index (κ1) is 19.4.